The molecule has 0 heterocycles. The summed E-state index contributed by atoms with van der Waals surface area (Å²) in [5, 5.41) is 0. The van der Waals surface area contributed by atoms with E-state index in [2.05, 4.69) is 0 Å². The van der Waals surface area contributed by atoms with Crippen LogP contribution in [0.25, 0.3) is 0 Å². The summed E-state index contributed by atoms with van der Waals surface area (Å²) in [6, 6.07) is 0. The standard InChI is InChI=1S/C9H15NO3S/c1-14(12,13)10-8(11)7-5-9(6-7)3-2-4-9/h7H,2-6H2,1H3,(H,10,11). The molecule has 2 aliphatic rings. The number of hydrogen-bond donors (Lipinski definition) is 1. The van der Waals surface area contributed by atoms with Crippen LogP contribution >= 0.6 is 0 Å². The second-order valence-corrected chi connectivity index (χ2v) is 6.45. The van der Waals surface area contributed by atoms with Gasteiger partial charge in [-0.1, -0.05) is 6.42 Å². The van der Waals surface area contributed by atoms with Crippen molar-refractivity contribution < 1.29 is 13.2 Å². The van der Waals surface area contributed by atoms with E-state index in [9.17, 15) is 13.2 Å². The van der Waals surface area contributed by atoms with Crippen LogP contribution in [0.5, 0.6) is 0 Å². The molecule has 1 spiro atoms. The smallest absolute Gasteiger partial charge is 0.236 e. The van der Waals surface area contributed by atoms with Crippen molar-refractivity contribution in [3.05, 3.63) is 0 Å². The molecule has 1 amide bonds. The summed E-state index contributed by atoms with van der Waals surface area (Å²) < 4.78 is 23.6. The molecule has 4 nitrogen and oxygen atoms in total. The molecule has 14 heavy (non-hydrogen) atoms. The van der Waals surface area contributed by atoms with E-state index in [4.69, 9.17) is 0 Å². The van der Waals surface area contributed by atoms with Gasteiger partial charge in [-0.2, -0.15) is 0 Å². The summed E-state index contributed by atoms with van der Waals surface area (Å²) in [4.78, 5) is 11.4. The predicted octanol–water partition coefficient (Wildman–Crippen LogP) is 0.642. The molecular formula is C9H15NO3S. The van der Waals surface area contributed by atoms with E-state index < -0.39 is 10.0 Å². The van der Waals surface area contributed by atoms with Gasteiger partial charge in [-0.25, -0.2) is 8.42 Å². The van der Waals surface area contributed by atoms with Gasteiger partial charge in [0.15, 0.2) is 0 Å². The Morgan fingerprint density at radius 2 is 1.93 bits per heavy atom. The van der Waals surface area contributed by atoms with E-state index >= 15 is 0 Å². The van der Waals surface area contributed by atoms with E-state index in [0.29, 0.717) is 5.41 Å². The fraction of sp³-hybridized carbons (Fsp3) is 0.889. The number of carbonyl (C=O) groups excluding carboxylic acids is 1. The lowest BCUT2D eigenvalue weighted by atomic mass is 9.52. The van der Waals surface area contributed by atoms with Crippen molar-refractivity contribution in [3.63, 3.8) is 0 Å². The zero-order valence-corrected chi connectivity index (χ0v) is 9.06. The second-order valence-electron chi connectivity index (χ2n) is 4.70. The predicted molar refractivity (Wildman–Crippen MR) is 52.0 cm³/mol. The van der Waals surface area contributed by atoms with E-state index in [1.807, 2.05) is 4.72 Å². The zero-order chi connectivity index (χ0) is 10.4. The Balaban J connectivity index is 1.84. The third-order valence-corrected chi connectivity index (χ3v) is 4.00. The quantitative estimate of drug-likeness (QED) is 0.738. The Labute approximate surface area is 84.1 Å². The summed E-state index contributed by atoms with van der Waals surface area (Å²) >= 11 is 0. The van der Waals surface area contributed by atoms with E-state index in [-0.39, 0.29) is 11.8 Å². The van der Waals surface area contributed by atoms with E-state index in [0.717, 1.165) is 19.1 Å². The van der Waals surface area contributed by atoms with Crippen LogP contribution in [-0.4, -0.2) is 20.6 Å². The number of rotatable bonds is 2. The van der Waals surface area contributed by atoms with Gasteiger partial charge >= 0.3 is 0 Å². The average Bonchev–Trinajstić information content (AvgIpc) is 1.74. The van der Waals surface area contributed by atoms with Gasteiger partial charge in [0.25, 0.3) is 0 Å². The Bertz CT molecular complexity index is 348. The number of nitrogens with one attached hydrogen (secondary N) is 1. The van der Waals surface area contributed by atoms with Crippen LogP contribution in [0.1, 0.15) is 32.1 Å². The summed E-state index contributed by atoms with van der Waals surface area (Å²) in [7, 11) is -3.37. The van der Waals surface area contributed by atoms with Crippen LogP contribution < -0.4 is 4.72 Å². The maximum Gasteiger partial charge on any atom is 0.236 e. The van der Waals surface area contributed by atoms with Gasteiger partial charge < -0.3 is 0 Å². The average molecular weight is 217 g/mol. The highest BCUT2D eigenvalue weighted by molar-refractivity contribution is 7.89. The van der Waals surface area contributed by atoms with Gasteiger partial charge in [-0.3, -0.25) is 9.52 Å². The van der Waals surface area contributed by atoms with Gasteiger partial charge in [0.1, 0.15) is 0 Å². The summed E-state index contributed by atoms with van der Waals surface area (Å²) in [6.07, 6.45) is 6.48. The number of sulfonamides is 1. The highest BCUT2D eigenvalue weighted by atomic mass is 32.2. The van der Waals surface area contributed by atoms with Gasteiger partial charge in [0.05, 0.1) is 6.26 Å². The molecule has 5 heteroatoms. The molecule has 0 aromatic heterocycles. The van der Waals surface area contributed by atoms with Gasteiger partial charge in [-0.05, 0) is 31.1 Å². The summed E-state index contributed by atoms with van der Waals surface area (Å²) in [5.74, 6) is -0.380. The van der Waals surface area contributed by atoms with Crippen molar-refractivity contribution in [2.24, 2.45) is 11.3 Å². The Hall–Kier alpha value is -0.580. The van der Waals surface area contributed by atoms with E-state index in [1.54, 1.807) is 0 Å². The molecule has 2 rings (SSSR count). The molecule has 0 aromatic rings. The normalized spacial score (nSPS) is 25.2. The minimum absolute atomic E-state index is 0.0648. The van der Waals surface area contributed by atoms with Crippen molar-refractivity contribution >= 4 is 15.9 Å². The Morgan fingerprint density at radius 1 is 1.36 bits per heavy atom. The number of carbonyl (C=O) groups is 1. The Morgan fingerprint density at radius 3 is 2.29 bits per heavy atom. The fourth-order valence-corrected chi connectivity index (χ4v) is 3.05. The van der Waals surface area contributed by atoms with Crippen LogP contribution in [0.2, 0.25) is 0 Å². The molecule has 1 N–H and O–H groups in total. The van der Waals surface area contributed by atoms with Crippen LogP contribution in [0, 0.1) is 11.3 Å². The van der Waals surface area contributed by atoms with Crippen LogP contribution in [0.4, 0.5) is 0 Å². The topological polar surface area (TPSA) is 63.2 Å². The molecule has 0 bridgehead atoms. The minimum Gasteiger partial charge on any atom is -0.274 e. The highest BCUT2D eigenvalue weighted by Gasteiger charge is 2.50. The first-order chi connectivity index (χ1) is 6.40. The molecule has 2 aliphatic carbocycles. The number of amides is 1. The third kappa shape index (κ3) is 1.78. The lowest BCUT2D eigenvalue weighted by Crippen LogP contribution is -2.49. The molecule has 0 aliphatic heterocycles. The second kappa shape index (κ2) is 2.95. The van der Waals surface area contributed by atoms with Crippen molar-refractivity contribution in [1.82, 2.24) is 4.72 Å². The van der Waals surface area contributed by atoms with Crippen molar-refractivity contribution in [2.75, 3.05) is 6.26 Å². The largest absolute Gasteiger partial charge is 0.274 e. The van der Waals surface area contributed by atoms with Crippen molar-refractivity contribution in [2.45, 2.75) is 32.1 Å². The monoisotopic (exact) mass is 217 g/mol. The first kappa shape index (κ1) is 9.96. The third-order valence-electron chi connectivity index (χ3n) is 3.43. The summed E-state index contributed by atoms with van der Waals surface area (Å²) in [5.41, 5.74) is 0.416. The molecule has 0 saturated heterocycles. The molecule has 0 aromatic carbocycles. The fourth-order valence-electron chi connectivity index (χ4n) is 2.52. The first-order valence-electron chi connectivity index (χ1n) is 4.92. The van der Waals surface area contributed by atoms with Gasteiger partial charge in [0, 0.05) is 5.92 Å². The van der Waals surface area contributed by atoms with Gasteiger partial charge in [-0.15, -0.1) is 0 Å². The van der Waals surface area contributed by atoms with Crippen LogP contribution in [0.3, 0.4) is 0 Å². The SMILES string of the molecule is CS(=O)(=O)NC(=O)C1CC2(CCC2)C1. The molecule has 2 fully saturated rings. The zero-order valence-electron chi connectivity index (χ0n) is 8.25. The maximum atomic E-state index is 11.4. The van der Waals surface area contributed by atoms with Crippen molar-refractivity contribution in [1.29, 1.82) is 0 Å². The lowest BCUT2D eigenvalue weighted by molar-refractivity contribution is -0.134. The molecule has 0 unspecified atom stereocenters. The van der Waals surface area contributed by atoms with Crippen molar-refractivity contribution in [3.8, 4) is 0 Å². The minimum atomic E-state index is -3.37. The molecule has 0 radical (unpaired) electrons. The highest BCUT2D eigenvalue weighted by Crippen LogP contribution is 2.58. The molecular weight excluding hydrogens is 202 g/mol. The molecule has 2 saturated carbocycles. The van der Waals surface area contributed by atoms with Gasteiger partial charge in [0.2, 0.25) is 15.9 Å². The van der Waals surface area contributed by atoms with Crippen LogP contribution in [-0.2, 0) is 14.8 Å². The maximum absolute atomic E-state index is 11.4. The summed E-state index contributed by atoms with van der Waals surface area (Å²) in [6.45, 7) is 0. The molecule has 0 atom stereocenters. The van der Waals surface area contributed by atoms with E-state index in [1.165, 1.54) is 19.3 Å². The lowest BCUT2D eigenvalue weighted by Gasteiger charge is -2.53. The first-order valence-corrected chi connectivity index (χ1v) is 6.81. The molecule has 80 valence electrons. The number of hydrogen-bond acceptors (Lipinski definition) is 3. The van der Waals surface area contributed by atoms with Crippen LogP contribution in [0.15, 0.2) is 0 Å². The Kier molecular flexibility index (Phi) is 2.10.